The fourth-order valence-electron chi connectivity index (χ4n) is 1.50. The molecule has 0 saturated heterocycles. The summed E-state index contributed by atoms with van der Waals surface area (Å²) in [7, 11) is 0. The summed E-state index contributed by atoms with van der Waals surface area (Å²) < 4.78 is 12.7. The Bertz CT molecular complexity index is 690. The molecule has 2 aromatic carbocycles. The number of amides is 2. The number of hydrazine groups is 1. The van der Waals surface area contributed by atoms with Crippen LogP contribution in [0.4, 0.5) is 4.39 Å². The quantitative estimate of drug-likeness (QED) is 0.832. The van der Waals surface area contributed by atoms with Gasteiger partial charge in [-0.15, -0.1) is 0 Å². The molecule has 0 fully saturated rings. The first-order chi connectivity index (χ1) is 9.97. The summed E-state index contributed by atoms with van der Waals surface area (Å²) >= 11 is 11.5. The van der Waals surface area contributed by atoms with Crippen molar-refractivity contribution in [2.24, 2.45) is 0 Å². The normalized spacial score (nSPS) is 10.0. The van der Waals surface area contributed by atoms with Crippen LogP contribution in [0.15, 0.2) is 42.5 Å². The summed E-state index contributed by atoms with van der Waals surface area (Å²) in [6.07, 6.45) is 0. The van der Waals surface area contributed by atoms with Crippen molar-refractivity contribution < 1.29 is 14.0 Å². The number of hydrogen-bond donors (Lipinski definition) is 2. The fraction of sp³-hybridized carbons (Fsp3) is 0. The highest BCUT2D eigenvalue weighted by Crippen LogP contribution is 2.22. The zero-order valence-electron chi connectivity index (χ0n) is 10.5. The summed E-state index contributed by atoms with van der Waals surface area (Å²) in [6, 6.07) is 9.22. The van der Waals surface area contributed by atoms with Crippen LogP contribution in [0.3, 0.4) is 0 Å². The van der Waals surface area contributed by atoms with Crippen LogP contribution in [0.2, 0.25) is 10.0 Å². The third kappa shape index (κ3) is 3.93. The van der Waals surface area contributed by atoms with Gasteiger partial charge in [0.25, 0.3) is 11.8 Å². The molecule has 7 heteroatoms. The van der Waals surface area contributed by atoms with Gasteiger partial charge in [0.1, 0.15) is 5.82 Å². The minimum absolute atomic E-state index is 0.214. The third-order valence-corrected chi connectivity index (χ3v) is 3.32. The molecule has 2 amide bonds. The molecule has 0 radical (unpaired) electrons. The highest BCUT2D eigenvalue weighted by atomic mass is 35.5. The zero-order valence-corrected chi connectivity index (χ0v) is 12.0. The molecular weight excluding hydrogens is 318 g/mol. The van der Waals surface area contributed by atoms with Crippen LogP contribution in [-0.2, 0) is 0 Å². The molecule has 0 aliphatic rings. The molecule has 0 aliphatic heterocycles. The summed E-state index contributed by atoms with van der Waals surface area (Å²) in [5.74, 6) is -1.57. The molecule has 0 aromatic heterocycles. The molecule has 0 bridgehead atoms. The molecule has 21 heavy (non-hydrogen) atoms. The van der Waals surface area contributed by atoms with Crippen molar-refractivity contribution in [1.82, 2.24) is 10.9 Å². The van der Waals surface area contributed by atoms with Crippen LogP contribution in [0.25, 0.3) is 0 Å². The number of benzene rings is 2. The van der Waals surface area contributed by atoms with Gasteiger partial charge in [0.05, 0.1) is 10.0 Å². The second-order valence-corrected chi connectivity index (χ2v) is 4.86. The highest BCUT2D eigenvalue weighted by Gasteiger charge is 2.10. The Labute approximate surface area is 129 Å². The third-order valence-electron chi connectivity index (χ3n) is 2.58. The molecule has 0 aliphatic carbocycles. The van der Waals surface area contributed by atoms with Crippen LogP contribution >= 0.6 is 23.2 Å². The summed E-state index contributed by atoms with van der Waals surface area (Å²) in [6.45, 7) is 0. The number of carbonyl (C=O) groups excluding carboxylic acids is 2. The number of nitrogens with one attached hydrogen (secondary N) is 2. The van der Waals surface area contributed by atoms with E-state index >= 15 is 0 Å². The predicted molar refractivity (Wildman–Crippen MR) is 77.8 cm³/mol. The predicted octanol–water partition coefficient (Wildman–Crippen LogP) is 3.21. The van der Waals surface area contributed by atoms with E-state index in [1.54, 1.807) is 0 Å². The van der Waals surface area contributed by atoms with Gasteiger partial charge in [0.2, 0.25) is 0 Å². The van der Waals surface area contributed by atoms with Crippen molar-refractivity contribution in [1.29, 1.82) is 0 Å². The number of carbonyl (C=O) groups is 2. The lowest BCUT2D eigenvalue weighted by atomic mass is 10.2. The van der Waals surface area contributed by atoms with E-state index in [1.165, 1.54) is 30.3 Å². The monoisotopic (exact) mass is 326 g/mol. The standard InChI is InChI=1S/C14H9Cl2FN2O2/c15-11-6-3-9(7-12(11)16)14(21)19-18-13(20)8-1-4-10(17)5-2-8/h1-7H,(H,18,20)(H,19,21). The average Bonchev–Trinajstić information content (AvgIpc) is 2.48. The van der Waals surface area contributed by atoms with Crippen LogP contribution in [0.5, 0.6) is 0 Å². The van der Waals surface area contributed by atoms with Gasteiger partial charge in [-0.2, -0.15) is 0 Å². The highest BCUT2D eigenvalue weighted by molar-refractivity contribution is 6.42. The van der Waals surface area contributed by atoms with E-state index in [1.807, 2.05) is 0 Å². The topological polar surface area (TPSA) is 58.2 Å². The first-order valence-corrected chi connectivity index (χ1v) is 6.54. The van der Waals surface area contributed by atoms with Gasteiger partial charge in [0.15, 0.2) is 0 Å². The zero-order chi connectivity index (χ0) is 15.4. The van der Waals surface area contributed by atoms with Crippen LogP contribution < -0.4 is 10.9 Å². The van der Waals surface area contributed by atoms with Crippen LogP contribution in [0.1, 0.15) is 20.7 Å². The molecule has 0 unspecified atom stereocenters. The molecule has 0 heterocycles. The first-order valence-electron chi connectivity index (χ1n) is 5.78. The van der Waals surface area contributed by atoms with Gasteiger partial charge in [-0.05, 0) is 42.5 Å². The van der Waals surface area contributed by atoms with Crippen molar-refractivity contribution in [2.75, 3.05) is 0 Å². The maximum absolute atomic E-state index is 12.7. The number of halogens is 3. The first kappa shape index (κ1) is 15.3. The van der Waals surface area contributed by atoms with E-state index in [9.17, 15) is 14.0 Å². The van der Waals surface area contributed by atoms with E-state index in [4.69, 9.17) is 23.2 Å². The lowest BCUT2D eigenvalue weighted by molar-refractivity contribution is 0.0846. The number of hydrogen-bond acceptors (Lipinski definition) is 2. The maximum atomic E-state index is 12.7. The summed E-state index contributed by atoms with van der Waals surface area (Å²) in [5.41, 5.74) is 4.89. The Balaban J connectivity index is 1.98. The minimum Gasteiger partial charge on any atom is -0.267 e. The Morgan fingerprint density at radius 3 is 1.90 bits per heavy atom. The molecule has 0 spiro atoms. The van der Waals surface area contributed by atoms with E-state index < -0.39 is 17.6 Å². The van der Waals surface area contributed by atoms with Crippen molar-refractivity contribution >= 4 is 35.0 Å². The second-order valence-electron chi connectivity index (χ2n) is 4.04. The maximum Gasteiger partial charge on any atom is 0.269 e. The van der Waals surface area contributed by atoms with Crippen molar-refractivity contribution in [2.45, 2.75) is 0 Å². The average molecular weight is 327 g/mol. The van der Waals surface area contributed by atoms with E-state index in [0.717, 1.165) is 12.1 Å². The largest absolute Gasteiger partial charge is 0.269 e. The lowest BCUT2D eigenvalue weighted by Crippen LogP contribution is -2.41. The van der Waals surface area contributed by atoms with Gasteiger partial charge < -0.3 is 0 Å². The second kappa shape index (κ2) is 6.56. The van der Waals surface area contributed by atoms with Gasteiger partial charge in [-0.25, -0.2) is 4.39 Å². The molecule has 0 saturated carbocycles. The van der Waals surface area contributed by atoms with E-state index in [0.29, 0.717) is 5.02 Å². The van der Waals surface area contributed by atoms with Crippen molar-refractivity contribution in [3.05, 3.63) is 69.5 Å². The van der Waals surface area contributed by atoms with Gasteiger partial charge in [-0.1, -0.05) is 23.2 Å². The fourth-order valence-corrected chi connectivity index (χ4v) is 1.79. The Morgan fingerprint density at radius 2 is 1.33 bits per heavy atom. The molecule has 2 N–H and O–H groups in total. The lowest BCUT2D eigenvalue weighted by Gasteiger charge is -2.08. The SMILES string of the molecule is O=C(NNC(=O)c1ccc(Cl)c(Cl)c1)c1ccc(F)cc1. The molecular formula is C14H9Cl2FN2O2. The Morgan fingerprint density at radius 1 is 0.810 bits per heavy atom. The smallest absolute Gasteiger partial charge is 0.267 e. The van der Waals surface area contributed by atoms with Gasteiger partial charge >= 0.3 is 0 Å². The van der Waals surface area contributed by atoms with Crippen molar-refractivity contribution in [3.8, 4) is 0 Å². The Hall–Kier alpha value is -2.11. The Kier molecular flexibility index (Phi) is 4.77. The number of rotatable bonds is 2. The molecule has 4 nitrogen and oxygen atoms in total. The summed E-state index contributed by atoms with van der Waals surface area (Å²) in [4.78, 5) is 23.5. The molecule has 108 valence electrons. The molecule has 2 rings (SSSR count). The summed E-state index contributed by atoms with van der Waals surface area (Å²) in [5, 5.41) is 0.553. The van der Waals surface area contributed by atoms with Crippen LogP contribution in [-0.4, -0.2) is 11.8 Å². The minimum atomic E-state index is -0.566. The van der Waals surface area contributed by atoms with E-state index in [2.05, 4.69) is 10.9 Å². The van der Waals surface area contributed by atoms with Crippen LogP contribution in [0, 0.1) is 5.82 Å². The van der Waals surface area contributed by atoms with E-state index in [-0.39, 0.29) is 16.1 Å². The molecule has 0 atom stereocenters. The van der Waals surface area contributed by atoms with Crippen molar-refractivity contribution in [3.63, 3.8) is 0 Å². The van der Waals surface area contributed by atoms with Gasteiger partial charge in [-0.3, -0.25) is 20.4 Å². The van der Waals surface area contributed by atoms with Gasteiger partial charge in [0, 0.05) is 11.1 Å². The molecule has 2 aromatic rings.